The van der Waals surface area contributed by atoms with Gasteiger partial charge in [0.15, 0.2) is 11.7 Å². The van der Waals surface area contributed by atoms with Crippen LogP contribution in [0.4, 0.5) is 0 Å². The third kappa shape index (κ3) is 57.6. The minimum atomic E-state index is -0.721. The van der Waals surface area contributed by atoms with E-state index in [1.165, 1.54) is 193 Å². The molecule has 0 aromatic rings. The predicted molar refractivity (Wildman–Crippen MR) is 311 cm³/mol. The van der Waals surface area contributed by atoms with E-state index in [4.69, 9.17) is 14.6 Å². The number of carbonyl (C=O) groups excluding carboxylic acids is 2. The Bertz CT molecular complexity index is 1180. The average molecular weight is 1030 g/mol. The summed E-state index contributed by atoms with van der Waals surface area (Å²) in [4.78, 5) is 40.2. The SMILES string of the molecule is CCCCCCCCCCCCCCCCCCCCCCCCOC(=O)CCCCCN(CCCCCC(=O)O)CCCN(CCCCO)CCCCCC(=C=O)OCCCCCCCCCCCCCC. The number of aliphatic carboxylic acids is 1. The molecule has 0 heterocycles. The number of aliphatic hydroxyl groups is 1. The minimum absolute atomic E-state index is 0.0564. The van der Waals surface area contributed by atoms with Gasteiger partial charge in [-0.05, 0) is 110 Å². The highest BCUT2D eigenvalue weighted by Crippen LogP contribution is 2.18. The largest absolute Gasteiger partial charge is 0.487 e. The van der Waals surface area contributed by atoms with Crippen LogP contribution in [0.3, 0.4) is 0 Å². The number of allylic oxidation sites excluding steroid dienone is 1. The van der Waals surface area contributed by atoms with E-state index in [1.807, 2.05) is 0 Å². The van der Waals surface area contributed by atoms with Crippen LogP contribution in [0.25, 0.3) is 0 Å². The Kier molecular flexibility index (Phi) is 59.3. The molecule has 432 valence electrons. The normalized spacial score (nSPS) is 11.5. The second-order valence-corrected chi connectivity index (χ2v) is 22.2. The van der Waals surface area contributed by atoms with Crippen molar-refractivity contribution in [2.75, 3.05) is 59.1 Å². The van der Waals surface area contributed by atoms with Crippen LogP contribution in [-0.2, 0) is 23.9 Å². The summed E-state index contributed by atoms with van der Waals surface area (Å²) in [6.07, 6.45) is 58.7. The molecule has 73 heavy (non-hydrogen) atoms. The molecule has 0 aliphatic carbocycles. The van der Waals surface area contributed by atoms with Gasteiger partial charge in [-0.25, -0.2) is 4.79 Å². The Morgan fingerprint density at radius 2 is 0.630 bits per heavy atom. The number of unbranched alkanes of at least 4 members (excludes halogenated alkanes) is 39. The first-order chi connectivity index (χ1) is 36.0. The fourth-order valence-electron chi connectivity index (χ4n) is 10.3. The molecule has 0 spiro atoms. The highest BCUT2D eigenvalue weighted by molar-refractivity contribution is 5.69. The second kappa shape index (κ2) is 60.9. The van der Waals surface area contributed by atoms with Crippen molar-refractivity contribution >= 4 is 17.9 Å². The number of aliphatic hydroxyl groups excluding tert-OH is 1. The van der Waals surface area contributed by atoms with E-state index in [0.29, 0.717) is 31.8 Å². The van der Waals surface area contributed by atoms with Gasteiger partial charge >= 0.3 is 11.9 Å². The molecule has 0 atom stereocenters. The lowest BCUT2D eigenvalue weighted by atomic mass is 10.0. The monoisotopic (exact) mass is 1030 g/mol. The first-order valence-electron chi connectivity index (χ1n) is 32.3. The van der Waals surface area contributed by atoms with Crippen molar-refractivity contribution in [2.24, 2.45) is 0 Å². The molecule has 0 aliphatic rings. The lowest BCUT2D eigenvalue weighted by molar-refractivity contribution is -0.144. The van der Waals surface area contributed by atoms with Gasteiger partial charge in [0.25, 0.3) is 0 Å². The first-order valence-corrected chi connectivity index (χ1v) is 32.3. The Labute approximate surface area is 453 Å². The van der Waals surface area contributed by atoms with Crippen LogP contribution in [0.15, 0.2) is 5.76 Å². The Morgan fingerprint density at radius 1 is 0.342 bits per heavy atom. The number of esters is 1. The van der Waals surface area contributed by atoms with Crippen LogP contribution >= 0.6 is 0 Å². The first kappa shape index (κ1) is 71.1. The molecule has 0 aliphatic heterocycles. The number of rotatable bonds is 63. The van der Waals surface area contributed by atoms with Crippen molar-refractivity contribution in [1.82, 2.24) is 9.80 Å². The number of carboxylic acids is 1. The van der Waals surface area contributed by atoms with Gasteiger partial charge in [-0.3, -0.25) is 9.59 Å². The highest BCUT2D eigenvalue weighted by Gasteiger charge is 2.11. The zero-order chi connectivity index (χ0) is 53.0. The number of carboxylic acid groups (broad SMARTS) is 1. The van der Waals surface area contributed by atoms with E-state index < -0.39 is 5.97 Å². The van der Waals surface area contributed by atoms with Gasteiger partial charge in [-0.2, -0.15) is 0 Å². The number of hydrogen-bond acceptors (Lipinski definition) is 8. The summed E-state index contributed by atoms with van der Waals surface area (Å²) in [5, 5.41) is 18.5. The van der Waals surface area contributed by atoms with Crippen LogP contribution in [-0.4, -0.2) is 97.0 Å². The third-order valence-corrected chi connectivity index (χ3v) is 15.1. The number of nitrogens with zero attached hydrogens (tertiary/aromatic N) is 2. The number of ether oxygens (including phenoxy) is 2. The van der Waals surface area contributed by atoms with Crippen LogP contribution in [0, 0.1) is 0 Å². The van der Waals surface area contributed by atoms with E-state index in [0.717, 1.165) is 142 Å². The van der Waals surface area contributed by atoms with Crippen LogP contribution in [0.2, 0.25) is 0 Å². The lowest BCUT2D eigenvalue weighted by Gasteiger charge is -2.26. The van der Waals surface area contributed by atoms with E-state index in [9.17, 15) is 19.5 Å². The summed E-state index contributed by atoms with van der Waals surface area (Å²) in [5.74, 6) is 1.76. The molecule has 0 saturated heterocycles. The molecule has 0 aromatic heterocycles. The van der Waals surface area contributed by atoms with Gasteiger partial charge < -0.3 is 29.5 Å². The Hall–Kier alpha value is -1.93. The maximum atomic E-state index is 12.5. The maximum absolute atomic E-state index is 12.5. The zero-order valence-electron chi connectivity index (χ0n) is 48.8. The predicted octanol–water partition coefficient (Wildman–Crippen LogP) is 18.1. The lowest BCUT2D eigenvalue weighted by Crippen LogP contribution is -2.32. The van der Waals surface area contributed by atoms with Gasteiger partial charge in [-0.15, -0.1) is 0 Å². The Balaban J connectivity index is 4.18. The van der Waals surface area contributed by atoms with Crippen molar-refractivity contribution in [3.05, 3.63) is 5.76 Å². The molecular formula is C64H124N2O7. The summed E-state index contributed by atoms with van der Waals surface area (Å²) < 4.78 is 11.4. The molecule has 0 saturated carbocycles. The van der Waals surface area contributed by atoms with Crippen molar-refractivity contribution in [3.8, 4) is 0 Å². The smallest absolute Gasteiger partial charge is 0.305 e. The van der Waals surface area contributed by atoms with Gasteiger partial charge in [0.2, 0.25) is 0 Å². The molecule has 9 nitrogen and oxygen atoms in total. The summed E-state index contributed by atoms with van der Waals surface area (Å²) in [7, 11) is 0. The molecule has 0 rings (SSSR count). The minimum Gasteiger partial charge on any atom is -0.487 e. The molecule has 0 fully saturated rings. The standard InChI is InChI=1S/C64H124N2O7/c1-3-5-7-9-11-13-15-17-18-19-20-21-22-23-24-25-26-28-30-32-34-47-60-73-64(71)51-40-37-43-54-65(53-42-36-39-50-63(69)70)56-48-57-66(55-44-45-58-67)52-41-35-38-49-62(61-68)72-59-46-33-31-29-27-16-14-12-10-8-6-4-2/h67H,3-60H2,1-2H3,(H,69,70). The van der Waals surface area contributed by atoms with E-state index in [-0.39, 0.29) is 19.0 Å². The molecule has 0 radical (unpaired) electrons. The number of carbonyl (C=O) groups is 2. The van der Waals surface area contributed by atoms with Gasteiger partial charge in [0, 0.05) is 25.9 Å². The van der Waals surface area contributed by atoms with Gasteiger partial charge in [0.05, 0.1) is 13.2 Å². The van der Waals surface area contributed by atoms with E-state index in [1.54, 1.807) is 0 Å². The van der Waals surface area contributed by atoms with Crippen molar-refractivity contribution in [2.45, 2.75) is 328 Å². The molecule has 0 bridgehead atoms. The van der Waals surface area contributed by atoms with Crippen LogP contribution in [0.1, 0.15) is 328 Å². The summed E-state index contributed by atoms with van der Waals surface area (Å²) in [6, 6.07) is 0. The van der Waals surface area contributed by atoms with Gasteiger partial charge in [0.1, 0.15) is 0 Å². The fraction of sp³-hybridized carbons (Fsp3) is 0.938. The highest BCUT2D eigenvalue weighted by atomic mass is 16.5. The van der Waals surface area contributed by atoms with Crippen molar-refractivity contribution < 1.29 is 34.1 Å². The van der Waals surface area contributed by atoms with Gasteiger partial charge in [-0.1, -0.05) is 239 Å². The molecule has 0 aromatic carbocycles. The zero-order valence-corrected chi connectivity index (χ0v) is 48.8. The van der Waals surface area contributed by atoms with Crippen LogP contribution < -0.4 is 0 Å². The molecule has 0 unspecified atom stereocenters. The summed E-state index contributed by atoms with van der Waals surface area (Å²) >= 11 is 0. The summed E-state index contributed by atoms with van der Waals surface area (Å²) in [6.45, 7) is 11.9. The maximum Gasteiger partial charge on any atom is 0.305 e. The topological polar surface area (TPSA) is 117 Å². The van der Waals surface area contributed by atoms with Crippen molar-refractivity contribution in [1.29, 1.82) is 0 Å². The fourth-order valence-corrected chi connectivity index (χ4v) is 10.3. The van der Waals surface area contributed by atoms with Crippen molar-refractivity contribution in [3.63, 3.8) is 0 Å². The average Bonchev–Trinajstić information content (AvgIpc) is 3.38. The van der Waals surface area contributed by atoms with E-state index >= 15 is 0 Å². The molecule has 0 amide bonds. The number of hydrogen-bond donors (Lipinski definition) is 2. The van der Waals surface area contributed by atoms with Crippen LogP contribution in [0.5, 0.6) is 0 Å². The molecule has 9 heteroatoms. The molecule has 2 N–H and O–H groups in total. The third-order valence-electron chi connectivity index (χ3n) is 15.1. The second-order valence-electron chi connectivity index (χ2n) is 22.2. The van der Waals surface area contributed by atoms with E-state index in [2.05, 4.69) is 29.6 Å². The Morgan fingerprint density at radius 3 is 0.973 bits per heavy atom. The molecular weight excluding hydrogens is 909 g/mol. The summed E-state index contributed by atoms with van der Waals surface area (Å²) in [5.41, 5.74) is 0. The quantitative estimate of drug-likeness (QED) is 0.0266.